The van der Waals surface area contributed by atoms with Crippen LogP contribution < -0.4 is 0 Å². The van der Waals surface area contributed by atoms with Crippen LogP contribution in [-0.2, 0) is 20.9 Å². The zero-order chi connectivity index (χ0) is 13.1. The van der Waals surface area contributed by atoms with Crippen molar-refractivity contribution in [3.05, 3.63) is 39.9 Å². The summed E-state index contributed by atoms with van der Waals surface area (Å²) in [6.45, 7) is -0.142. The zero-order valence-electron chi connectivity index (χ0n) is 9.50. The van der Waals surface area contributed by atoms with Crippen LogP contribution in [0.25, 0.3) is 0 Å². The van der Waals surface area contributed by atoms with Gasteiger partial charge in [0.25, 0.3) is 5.69 Å². The molecular formula is C12H11NO5. The first-order chi connectivity index (χ1) is 8.58. The molecule has 0 aromatic heterocycles. The summed E-state index contributed by atoms with van der Waals surface area (Å²) >= 11 is 0. The van der Waals surface area contributed by atoms with Crippen molar-refractivity contribution in [2.24, 2.45) is 5.92 Å². The lowest BCUT2D eigenvalue weighted by molar-refractivity contribution is -0.385. The highest BCUT2D eigenvalue weighted by atomic mass is 16.6. The second-order valence-corrected chi connectivity index (χ2v) is 4.12. The van der Waals surface area contributed by atoms with Gasteiger partial charge in [-0.1, -0.05) is 12.1 Å². The molecule has 94 valence electrons. The first-order valence-electron chi connectivity index (χ1n) is 5.48. The van der Waals surface area contributed by atoms with Gasteiger partial charge >= 0.3 is 5.97 Å². The molecule has 0 spiro atoms. The SMILES string of the molecule is O=C(CC1CC1=O)OCc1ccccc1[N+](=O)[O-]. The van der Waals surface area contributed by atoms with E-state index in [9.17, 15) is 19.7 Å². The number of carbonyl (C=O) groups is 2. The van der Waals surface area contributed by atoms with Crippen LogP contribution in [0.2, 0.25) is 0 Å². The van der Waals surface area contributed by atoms with Crippen LogP contribution >= 0.6 is 0 Å². The highest BCUT2D eigenvalue weighted by Crippen LogP contribution is 2.28. The minimum Gasteiger partial charge on any atom is -0.461 e. The molecule has 2 rings (SSSR count). The number of ketones is 1. The predicted octanol–water partition coefficient (Wildman–Crippen LogP) is 1.62. The maximum Gasteiger partial charge on any atom is 0.306 e. The van der Waals surface area contributed by atoms with Crippen molar-refractivity contribution < 1.29 is 19.2 Å². The van der Waals surface area contributed by atoms with Crippen molar-refractivity contribution in [2.75, 3.05) is 0 Å². The molecule has 18 heavy (non-hydrogen) atoms. The number of benzene rings is 1. The molecule has 1 unspecified atom stereocenters. The highest BCUT2D eigenvalue weighted by Gasteiger charge is 2.36. The van der Waals surface area contributed by atoms with E-state index in [-0.39, 0.29) is 30.4 Å². The number of hydrogen-bond acceptors (Lipinski definition) is 5. The largest absolute Gasteiger partial charge is 0.461 e. The fourth-order valence-electron chi connectivity index (χ4n) is 1.60. The Balaban J connectivity index is 1.91. The topological polar surface area (TPSA) is 86.5 Å². The fraction of sp³-hybridized carbons (Fsp3) is 0.333. The van der Waals surface area contributed by atoms with Gasteiger partial charge in [-0.2, -0.15) is 0 Å². The predicted molar refractivity (Wildman–Crippen MR) is 60.6 cm³/mol. The quantitative estimate of drug-likeness (QED) is 0.449. The maximum absolute atomic E-state index is 11.3. The summed E-state index contributed by atoms with van der Waals surface area (Å²) < 4.78 is 4.92. The minimum atomic E-state index is -0.520. The summed E-state index contributed by atoms with van der Waals surface area (Å²) in [5, 5.41) is 10.7. The number of nitro groups is 1. The number of esters is 1. The first-order valence-corrected chi connectivity index (χ1v) is 5.48. The van der Waals surface area contributed by atoms with Crippen molar-refractivity contribution >= 4 is 17.4 Å². The molecule has 0 N–H and O–H groups in total. The van der Waals surface area contributed by atoms with Crippen LogP contribution in [0.1, 0.15) is 18.4 Å². The summed E-state index contributed by atoms with van der Waals surface area (Å²) in [5.74, 6) is -0.634. The maximum atomic E-state index is 11.3. The first kappa shape index (κ1) is 12.2. The Kier molecular flexibility index (Phi) is 3.36. The molecule has 1 fully saturated rings. The number of hydrogen-bond donors (Lipinski definition) is 0. The zero-order valence-corrected chi connectivity index (χ0v) is 9.50. The number of ether oxygens (including phenoxy) is 1. The van der Waals surface area contributed by atoms with E-state index in [1.807, 2.05) is 0 Å². The van der Waals surface area contributed by atoms with Crippen molar-refractivity contribution in [1.82, 2.24) is 0 Å². The van der Waals surface area contributed by atoms with Crippen LogP contribution in [0.3, 0.4) is 0 Å². The molecule has 6 nitrogen and oxygen atoms in total. The van der Waals surface area contributed by atoms with Gasteiger partial charge in [0.2, 0.25) is 0 Å². The average molecular weight is 249 g/mol. The molecule has 0 amide bonds. The summed E-state index contributed by atoms with van der Waals surface area (Å²) in [4.78, 5) is 32.3. The van der Waals surface area contributed by atoms with Crippen LogP contribution in [0.4, 0.5) is 5.69 Å². The molecule has 0 bridgehead atoms. The standard InChI is InChI=1S/C12H11NO5/c14-11-5-9(11)6-12(15)18-7-8-3-1-2-4-10(8)13(16)17/h1-4,9H,5-7H2. The van der Waals surface area contributed by atoms with E-state index in [0.717, 1.165) is 0 Å². The van der Waals surface area contributed by atoms with Crippen LogP contribution in [0.15, 0.2) is 24.3 Å². The third-order valence-corrected chi connectivity index (χ3v) is 2.73. The van der Waals surface area contributed by atoms with Crippen molar-refractivity contribution in [3.8, 4) is 0 Å². The molecule has 1 saturated carbocycles. The van der Waals surface area contributed by atoms with Crippen LogP contribution in [0, 0.1) is 16.0 Å². The molecule has 0 saturated heterocycles. The number of carbonyl (C=O) groups excluding carboxylic acids is 2. The van der Waals surface area contributed by atoms with Crippen LogP contribution in [-0.4, -0.2) is 16.7 Å². The number of nitrogens with zero attached hydrogens (tertiary/aromatic N) is 1. The smallest absolute Gasteiger partial charge is 0.306 e. The van der Waals surface area contributed by atoms with Crippen molar-refractivity contribution in [2.45, 2.75) is 19.4 Å². The number of nitro benzene ring substituents is 1. The summed E-state index contributed by atoms with van der Waals surface area (Å²) in [6.07, 6.45) is 0.500. The monoisotopic (exact) mass is 249 g/mol. The summed E-state index contributed by atoms with van der Waals surface area (Å²) in [7, 11) is 0. The Labute approximate surface area is 103 Å². The molecule has 0 radical (unpaired) electrons. The number of Topliss-reactive ketones (excluding diaryl/α,β-unsaturated/α-hetero) is 1. The normalized spacial score (nSPS) is 17.3. The third kappa shape index (κ3) is 2.91. The molecule has 1 aromatic rings. The van der Waals surface area contributed by atoms with Gasteiger partial charge in [-0.15, -0.1) is 0 Å². The van der Waals surface area contributed by atoms with E-state index in [0.29, 0.717) is 12.0 Å². The Morgan fingerprint density at radius 2 is 2.11 bits per heavy atom. The lowest BCUT2D eigenvalue weighted by atomic mass is 10.2. The fourth-order valence-corrected chi connectivity index (χ4v) is 1.60. The molecule has 1 aliphatic carbocycles. The van der Waals surface area contributed by atoms with E-state index < -0.39 is 10.9 Å². The minimum absolute atomic E-state index is 0.0673. The van der Waals surface area contributed by atoms with E-state index in [4.69, 9.17) is 4.74 Å². The van der Waals surface area contributed by atoms with Gasteiger partial charge in [-0.05, 0) is 6.07 Å². The second-order valence-electron chi connectivity index (χ2n) is 4.12. The number of rotatable bonds is 5. The van der Waals surface area contributed by atoms with E-state index in [1.165, 1.54) is 12.1 Å². The van der Waals surface area contributed by atoms with Crippen molar-refractivity contribution in [1.29, 1.82) is 0 Å². The van der Waals surface area contributed by atoms with E-state index in [1.54, 1.807) is 12.1 Å². The molecule has 0 aliphatic heterocycles. The summed E-state index contributed by atoms with van der Waals surface area (Å²) in [6, 6.07) is 6.08. The van der Waals surface area contributed by atoms with Crippen LogP contribution in [0.5, 0.6) is 0 Å². The van der Waals surface area contributed by atoms with E-state index in [2.05, 4.69) is 0 Å². The Hall–Kier alpha value is -2.24. The van der Waals surface area contributed by atoms with Gasteiger partial charge < -0.3 is 4.74 Å². The number of para-hydroxylation sites is 1. The molecule has 1 atom stereocenters. The van der Waals surface area contributed by atoms with E-state index >= 15 is 0 Å². The molecule has 6 heteroatoms. The molecule has 0 heterocycles. The molecular weight excluding hydrogens is 238 g/mol. The Bertz CT molecular complexity index is 511. The highest BCUT2D eigenvalue weighted by molar-refractivity contribution is 5.98. The third-order valence-electron chi connectivity index (χ3n) is 2.73. The second kappa shape index (κ2) is 4.95. The van der Waals surface area contributed by atoms with Gasteiger partial charge in [0.1, 0.15) is 12.4 Å². The van der Waals surface area contributed by atoms with Crippen molar-refractivity contribution in [3.63, 3.8) is 0 Å². The van der Waals surface area contributed by atoms with Gasteiger partial charge in [0, 0.05) is 18.4 Å². The summed E-state index contributed by atoms with van der Waals surface area (Å²) in [5.41, 5.74) is 0.269. The molecule has 1 aliphatic rings. The van der Waals surface area contributed by atoms with Gasteiger partial charge in [0.15, 0.2) is 0 Å². The Morgan fingerprint density at radius 1 is 1.44 bits per heavy atom. The lowest BCUT2D eigenvalue weighted by Gasteiger charge is -2.04. The average Bonchev–Trinajstić information content (AvgIpc) is 3.02. The van der Waals surface area contributed by atoms with Gasteiger partial charge in [-0.25, -0.2) is 0 Å². The molecule has 1 aromatic carbocycles. The Morgan fingerprint density at radius 3 is 2.72 bits per heavy atom. The lowest BCUT2D eigenvalue weighted by Crippen LogP contribution is -2.07. The van der Waals surface area contributed by atoms with Gasteiger partial charge in [-0.3, -0.25) is 19.7 Å². The van der Waals surface area contributed by atoms with Gasteiger partial charge in [0.05, 0.1) is 16.9 Å².